The van der Waals surface area contributed by atoms with Crippen molar-refractivity contribution in [2.45, 2.75) is 57.0 Å². The molecule has 2 saturated carbocycles. The molecule has 2 fully saturated rings. The summed E-state index contributed by atoms with van der Waals surface area (Å²) in [7, 11) is 0. The van der Waals surface area contributed by atoms with E-state index in [1.54, 1.807) is 6.08 Å². The lowest BCUT2D eigenvalue weighted by atomic mass is 9.53. The summed E-state index contributed by atoms with van der Waals surface area (Å²) in [6.07, 6.45) is 13.8. The average molecular weight is 336 g/mol. The molecule has 2 heteroatoms. The van der Waals surface area contributed by atoms with Gasteiger partial charge in [-0.2, -0.15) is 0 Å². The van der Waals surface area contributed by atoms with E-state index < -0.39 is 5.60 Å². The lowest BCUT2D eigenvalue weighted by molar-refractivity contribution is -0.0646. The molecule has 3 aliphatic rings. The predicted octanol–water partition coefficient (Wildman–Crippen LogP) is 4.47. The maximum absolute atomic E-state index is 11.0. The fourth-order valence-electron chi connectivity index (χ4n) is 6.06. The predicted molar refractivity (Wildman–Crippen MR) is 101 cm³/mol. The fourth-order valence-corrected chi connectivity index (χ4v) is 6.06. The third kappa shape index (κ3) is 2.36. The van der Waals surface area contributed by atoms with Crippen LogP contribution in [0.4, 0.5) is 0 Å². The molecular weight excluding hydrogens is 308 g/mol. The van der Waals surface area contributed by atoms with E-state index in [0.29, 0.717) is 24.4 Å². The first-order chi connectivity index (χ1) is 12.0. The molecule has 0 amide bonds. The molecule has 25 heavy (non-hydrogen) atoms. The van der Waals surface area contributed by atoms with Crippen LogP contribution in [-0.4, -0.2) is 17.3 Å². The summed E-state index contributed by atoms with van der Waals surface area (Å²) < 4.78 is 5.71. The van der Waals surface area contributed by atoms with Gasteiger partial charge in [0.2, 0.25) is 0 Å². The lowest BCUT2D eigenvalue weighted by Crippen LogP contribution is -2.50. The van der Waals surface area contributed by atoms with E-state index in [0.717, 1.165) is 37.9 Å². The van der Waals surface area contributed by atoms with E-state index in [-0.39, 0.29) is 5.41 Å². The van der Waals surface area contributed by atoms with E-state index in [9.17, 15) is 5.11 Å². The molecule has 1 aromatic carbocycles. The lowest BCUT2D eigenvalue weighted by Gasteiger charge is -2.52. The van der Waals surface area contributed by atoms with Crippen LogP contribution in [0.1, 0.15) is 56.1 Å². The summed E-state index contributed by atoms with van der Waals surface area (Å²) in [6, 6.07) is 6.59. The minimum absolute atomic E-state index is 0.118. The van der Waals surface area contributed by atoms with Crippen LogP contribution in [-0.2, 0) is 6.42 Å². The molecule has 1 N–H and O–H groups in total. The zero-order valence-electron chi connectivity index (χ0n) is 15.1. The monoisotopic (exact) mass is 336 g/mol. The largest absolute Gasteiger partial charge is 0.490 e. The van der Waals surface area contributed by atoms with Crippen LogP contribution in [0.5, 0.6) is 5.75 Å². The Morgan fingerprint density at radius 1 is 1.36 bits per heavy atom. The first kappa shape index (κ1) is 16.7. The fraction of sp³-hybridized carbons (Fsp3) is 0.565. The van der Waals surface area contributed by atoms with Crippen molar-refractivity contribution in [1.29, 1.82) is 0 Å². The minimum Gasteiger partial charge on any atom is -0.490 e. The number of aryl methyl sites for hydroxylation is 1. The number of rotatable bonds is 3. The summed E-state index contributed by atoms with van der Waals surface area (Å²) in [5.74, 6) is 5.49. The molecule has 4 rings (SSSR count). The molecule has 0 aliphatic heterocycles. The summed E-state index contributed by atoms with van der Waals surface area (Å²) in [5.41, 5.74) is 1.91. The van der Waals surface area contributed by atoms with Crippen LogP contribution in [0.15, 0.2) is 30.9 Å². The van der Waals surface area contributed by atoms with Crippen molar-refractivity contribution >= 4 is 0 Å². The van der Waals surface area contributed by atoms with Gasteiger partial charge in [0.1, 0.15) is 18.0 Å². The Balaban J connectivity index is 1.63. The Bertz CT molecular complexity index is 730. The maximum Gasteiger partial charge on any atom is 0.130 e. The van der Waals surface area contributed by atoms with Crippen LogP contribution in [0.25, 0.3) is 0 Å². The zero-order chi connectivity index (χ0) is 17.7. The summed E-state index contributed by atoms with van der Waals surface area (Å²) >= 11 is 0. The van der Waals surface area contributed by atoms with E-state index in [1.807, 2.05) is 0 Å². The number of ether oxygens (including phenoxy) is 1. The molecule has 3 aliphatic carbocycles. The second-order valence-electron chi connectivity index (χ2n) is 8.38. The molecule has 0 unspecified atom stereocenters. The molecule has 0 spiro atoms. The smallest absolute Gasteiger partial charge is 0.130 e. The van der Waals surface area contributed by atoms with Crippen molar-refractivity contribution in [2.24, 2.45) is 17.3 Å². The Kier molecular flexibility index (Phi) is 3.96. The molecule has 1 aromatic rings. The van der Waals surface area contributed by atoms with Crippen molar-refractivity contribution in [3.8, 4) is 18.1 Å². The van der Waals surface area contributed by atoms with Gasteiger partial charge in [-0.05, 0) is 79.5 Å². The highest BCUT2D eigenvalue weighted by Gasteiger charge is 2.61. The van der Waals surface area contributed by atoms with Gasteiger partial charge < -0.3 is 9.84 Å². The zero-order valence-corrected chi connectivity index (χ0v) is 15.1. The van der Waals surface area contributed by atoms with Crippen LogP contribution in [0, 0.1) is 29.6 Å². The van der Waals surface area contributed by atoms with Crippen LogP contribution < -0.4 is 4.74 Å². The molecule has 0 aromatic heterocycles. The number of benzene rings is 1. The van der Waals surface area contributed by atoms with Crippen molar-refractivity contribution in [1.82, 2.24) is 0 Å². The molecule has 0 saturated heterocycles. The maximum atomic E-state index is 11.0. The van der Waals surface area contributed by atoms with Crippen molar-refractivity contribution < 1.29 is 9.84 Å². The van der Waals surface area contributed by atoms with Crippen molar-refractivity contribution in [3.05, 3.63) is 42.0 Å². The second-order valence-corrected chi connectivity index (χ2v) is 8.38. The quantitative estimate of drug-likeness (QED) is 0.652. The first-order valence-corrected chi connectivity index (χ1v) is 9.59. The summed E-state index contributed by atoms with van der Waals surface area (Å²) in [5, 5.41) is 11.0. The molecule has 0 bridgehead atoms. The SMILES string of the molecule is C#C[C@@]1(O)CC[C@H]2[C@H]3CCc4cc(OCC=C)ccc4[C@H]3CC[C@@]21C. The molecule has 132 valence electrons. The van der Waals surface area contributed by atoms with Crippen LogP contribution in [0.3, 0.4) is 0 Å². The number of hydrogen-bond acceptors (Lipinski definition) is 2. The average Bonchev–Trinajstić information content (AvgIpc) is 2.91. The molecule has 2 nitrogen and oxygen atoms in total. The molecule has 0 heterocycles. The molecular formula is C23H28O2. The van der Waals surface area contributed by atoms with E-state index in [2.05, 4.69) is 37.6 Å². The van der Waals surface area contributed by atoms with Gasteiger partial charge in [-0.3, -0.25) is 0 Å². The normalized spacial score (nSPS) is 38.8. The summed E-state index contributed by atoms with van der Waals surface area (Å²) in [4.78, 5) is 0. The van der Waals surface area contributed by atoms with Gasteiger partial charge in [0.15, 0.2) is 0 Å². The highest BCUT2D eigenvalue weighted by atomic mass is 16.5. The van der Waals surface area contributed by atoms with Crippen molar-refractivity contribution in [3.63, 3.8) is 0 Å². The third-order valence-electron chi connectivity index (χ3n) is 7.46. The highest BCUT2D eigenvalue weighted by Crippen LogP contribution is 2.64. The molecule has 0 radical (unpaired) electrons. The van der Waals surface area contributed by atoms with Gasteiger partial charge in [0.25, 0.3) is 0 Å². The van der Waals surface area contributed by atoms with E-state index >= 15 is 0 Å². The molecule has 5 atom stereocenters. The number of aliphatic hydroxyl groups is 1. The van der Waals surface area contributed by atoms with E-state index in [1.165, 1.54) is 17.5 Å². The minimum atomic E-state index is -0.911. The van der Waals surface area contributed by atoms with Crippen LogP contribution in [0.2, 0.25) is 0 Å². The van der Waals surface area contributed by atoms with Crippen LogP contribution >= 0.6 is 0 Å². The Morgan fingerprint density at radius 2 is 2.20 bits per heavy atom. The topological polar surface area (TPSA) is 29.5 Å². The van der Waals surface area contributed by atoms with Gasteiger partial charge in [-0.25, -0.2) is 0 Å². The van der Waals surface area contributed by atoms with Gasteiger partial charge in [0.05, 0.1) is 0 Å². The Hall–Kier alpha value is -1.72. The second kappa shape index (κ2) is 5.92. The highest BCUT2D eigenvalue weighted by molar-refractivity contribution is 5.41. The van der Waals surface area contributed by atoms with Gasteiger partial charge in [-0.15, -0.1) is 6.42 Å². The number of hydrogen-bond donors (Lipinski definition) is 1. The van der Waals surface area contributed by atoms with E-state index in [4.69, 9.17) is 11.2 Å². The van der Waals surface area contributed by atoms with Gasteiger partial charge in [-0.1, -0.05) is 31.6 Å². The Morgan fingerprint density at radius 3 is 2.96 bits per heavy atom. The number of fused-ring (bicyclic) bond motifs is 5. The van der Waals surface area contributed by atoms with Crippen molar-refractivity contribution in [2.75, 3.05) is 6.61 Å². The van der Waals surface area contributed by atoms with Gasteiger partial charge >= 0.3 is 0 Å². The first-order valence-electron chi connectivity index (χ1n) is 9.59. The standard InChI is InChI=1S/C23H28O2/c1-4-14-25-17-7-9-18-16(15-17)6-8-20-19(18)10-12-22(3)21(20)11-13-23(22,24)5-2/h2,4,7,9,15,19-21,24H,1,6,8,10-14H2,3H3/t19-,20+,21+,22+,23-/m1/s1. The summed E-state index contributed by atoms with van der Waals surface area (Å²) in [6.45, 7) is 6.50. The van der Waals surface area contributed by atoms with Gasteiger partial charge in [0, 0.05) is 5.41 Å². The number of terminal acetylenes is 1. The third-order valence-corrected chi connectivity index (χ3v) is 7.46. The Labute approximate surface area is 151 Å².